The second-order valence-electron chi connectivity index (χ2n) is 5.14. The van der Waals surface area contributed by atoms with Crippen LogP contribution in [0.4, 0.5) is 0 Å². The number of nitrogens with zero attached hydrogens (tertiary/aromatic N) is 2. The van der Waals surface area contributed by atoms with Gasteiger partial charge in [-0.3, -0.25) is 9.59 Å². The molecule has 102 valence electrons. The summed E-state index contributed by atoms with van der Waals surface area (Å²) < 4.78 is 4.69. The standard InChI is InChI=1S/C13H22N2O3/c1-18-13(17)11-10-15(7-4-12(11)16)9-8-14-5-2-3-6-14/h11H,2-10H2,1H3. The number of esters is 1. The molecule has 0 aromatic heterocycles. The zero-order valence-electron chi connectivity index (χ0n) is 11.1. The number of hydrogen-bond acceptors (Lipinski definition) is 5. The number of Topliss-reactive ketones (excluding diaryl/α,β-unsaturated/α-hetero) is 1. The molecule has 0 radical (unpaired) electrons. The summed E-state index contributed by atoms with van der Waals surface area (Å²) in [5, 5.41) is 0. The highest BCUT2D eigenvalue weighted by Crippen LogP contribution is 2.15. The number of hydrogen-bond donors (Lipinski definition) is 0. The van der Waals surface area contributed by atoms with Crippen LogP contribution in [0.1, 0.15) is 19.3 Å². The van der Waals surface area contributed by atoms with Gasteiger partial charge in [-0.2, -0.15) is 0 Å². The zero-order valence-corrected chi connectivity index (χ0v) is 11.1. The molecule has 0 amide bonds. The Balaban J connectivity index is 1.79. The van der Waals surface area contributed by atoms with Crippen LogP contribution in [0.2, 0.25) is 0 Å². The third kappa shape index (κ3) is 3.29. The van der Waals surface area contributed by atoms with Crippen LogP contribution in [-0.2, 0) is 14.3 Å². The third-order valence-electron chi connectivity index (χ3n) is 3.92. The lowest BCUT2D eigenvalue weighted by molar-refractivity contribution is -0.151. The van der Waals surface area contributed by atoms with E-state index in [2.05, 4.69) is 14.5 Å². The normalized spacial score (nSPS) is 26.5. The van der Waals surface area contributed by atoms with Crippen molar-refractivity contribution in [2.24, 2.45) is 5.92 Å². The monoisotopic (exact) mass is 254 g/mol. The molecule has 1 atom stereocenters. The topological polar surface area (TPSA) is 49.9 Å². The number of ketones is 1. The van der Waals surface area contributed by atoms with Gasteiger partial charge in [0.15, 0.2) is 0 Å². The highest BCUT2D eigenvalue weighted by molar-refractivity contribution is 5.99. The molecule has 0 spiro atoms. The Morgan fingerprint density at radius 2 is 1.89 bits per heavy atom. The van der Waals surface area contributed by atoms with E-state index in [1.54, 1.807) is 0 Å². The minimum absolute atomic E-state index is 0.0271. The fraction of sp³-hybridized carbons (Fsp3) is 0.846. The maximum absolute atomic E-state index is 11.7. The minimum Gasteiger partial charge on any atom is -0.468 e. The van der Waals surface area contributed by atoms with Gasteiger partial charge in [0.1, 0.15) is 11.7 Å². The first-order valence-electron chi connectivity index (χ1n) is 6.76. The van der Waals surface area contributed by atoms with Gasteiger partial charge in [-0.15, -0.1) is 0 Å². The van der Waals surface area contributed by atoms with Gasteiger partial charge >= 0.3 is 5.97 Å². The summed E-state index contributed by atoms with van der Waals surface area (Å²) in [5.74, 6) is -0.924. The summed E-state index contributed by atoms with van der Waals surface area (Å²) in [6.07, 6.45) is 3.06. The molecule has 0 saturated carbocycles. The molecule has 2 heterocycles. The predicted octanol–water partition coefficient (Wildman–Crippen LogP) is 0.146. The van der Waals surface area contributed by atoms with E-state index in [1.165, 1.54) is 33.0 Å². The average Bonchev–Trinajstić information content (AvgIpc) is 2.90. The Bertz CT molecular complexity index is 305. The van der Waals surface area contributed by atoms with Crippen LogP contribution in [0, 0.1) is 5.92 Å². The Hall–Kier alpha value is -0.940. The largest absolute Gasteiger partial charge is 0.468 e. The molecular formula is C13H22N2O3. The fourth-order valence-electron chi connectivity index (χ4n) is 2.73. The Morgan fingerprint density at radius 3 is 2.56 bits per heavy atom. The highest BCUT2D eigenvalue weighted by atomic mass is 16.5. The number of ether oxygens (including phenoxy) is 1. The summed E-state index contributed by atoms with van der Waals surface area (Å²) in [7, 11) is 1.35. The number of likely N-dealkylation sites (tertiary alicyclic amines) is 2. The summed E-state index contributed by atoms with van der Waals surface area (Å²) in [5.41, 5.74) is 0. The Morgan fingerprint density at radius 1 is 1.22 bits per heavy atom. The summed E-state index contributed by atoms with van der Waals surface area (Å²) in [4.78, 5) is 27.8. The van der Waals surface area contributed by atoms with E-state index in [1.807, 2.05) is 0 Å². The summed E-state index contributed by atoms with van der Waals surface area (Å²) >= 11 is 0. The van der Waals surface area contributed by atoms with Crippen LogP contribution in [-0.4, -0.2) is 67.9 Å². The molecule has 0 aromatic rings. The number of rotatable bonds is 4. The van der Waals surface area contributed by atoms with Gasteiger partial charge in [0, 0.05) is 32.6 Å². The van der Waals surface area contributed by atoms with E-state index in [4.69, 9.17) is 0 Å². The molecule has 0 N–H and O–H groups in total. The van der Waals surface area contributed by atoms with Gasteiger partial charge in [-0.05, 0) is 25.9 Å². The van der Waals surface area contributed by atoms with Crippen LogP contribution in [0.5, 0.6) is 0 Å². The van der Waals surface area contributed by atoms with Crippen molar-refractivity contribution >= 4 is 11.8 Å². The molecule has 1 unspecified atom stereocenters. The number of piperidine rings is 1. The predicted molar refractivity (Wildman–Crippen MR) is 67.2 cm³/mol. The zero-order chi connectivity index (χ0) is 13.0. The maximum Gasteiger partial charge on any atom is 0.317 e. The van der Waals surface area contributed by atoms with Crippen molar-refractivity contribution in [1.82, 2.24) is 9.80 Å². The molecule has 0 aromatic carbocycles. The number of carbonyl (C=O) groups excluding carboxylic acids is 2. The molecule has 2 aliphatic rings. The van der Waals surface area contributed by atoms with Crippen molar-refractivity contribution in [1.29, 1.82) is 0 Å². The highest BCUT2D eigenvalue weighted by Gasteiger charge is 2.33. The molecule has 18 heavy (non-hydrogen) atoms. The minimum atomic E-state index is -0.567. The van der Waals surface area contributed by atoms with Crippen molar-refractivity contribution in [2.75, 3.05) is 46.4 Å². The van der Waals surface area contributed by atoms with E-state index in [-0.39, 0.29) is 11.8 Å². The molecule has 2 aliphatic heterocycles. The lowest BCUT2D eigenvalue weighted by Gasteiger charge is -2.31. The van der Waals surface area contributed by atoms with Crippen LogP contribution in [0.3, 0.4) is 0 Å². The van der Waals surface area contributed by atoms with Crippen LogP contribution < -0.4 is 0 Å². The van der Waals surface area contributed by atoms with Crippen LogP contribution in [0.15, 0.2) is 0 Å². The van der Waals surface area contributed by atoms with Crippen molar-refractivity contribution < 1.29 is 14.3 Å². The van der Waals surface area contributed by atoms with Crippen molar-refractivity contribution in [3.8, 4) is 0 Å². The Labute approximate surface area is 108 Å². The molecule has 0 aliphatic carbocycles. The van der Waals surface area contributed by atoms with Gasteiger partial charge in [-0.25, -0.2) is 0 Å². The fourth-order valence-corrected chi connectivity index (χ4v) is 2.73. The van der Waals surface area contributed by atoms with Gasteiger partial charge in [0.05, 0.1) is 7.11 Å². The lowest BCUT2D eigenvalue weighted by atomic mass is 9.96. The molecular weight excluding hydrogens is 232 g/mol. The van der Waals surface area contributed by atoms with Gasteiger partial charge in [0.25, 0.3) is 0 Å². The van der Waals surface area contributed by atoms with Gasteiger partial charge < -0.3 is 14.5 Å². The summed E-state index contributed by atoms with van der Waals surface area (Å²) in [6.45, 7) is 5.67. The van der Waals surface area contributed by atoms with Crippen molar-refractivity contribution in [2.45, 2.75) is 19.3 Å². The summed E-state index contributed by atoms with van der Waals surface area (Å²) in [6, 6.07) is 0. The number of carbonyl (C=O) groups is 2. The van der Waals surface area contributed by atoms with Gasteiger partial charge in [-0.1, -0.05) is 0 Å². The van der Waals surface area contributed by atoms with E-state index in [0.717, 1.165) is 19.6 Å². The molecule has 2 fully saturated rings. The maximum atomic E-state index is 11.7. The molecule has 2 rings (SSSR count). The van der Waals surface area contributed by atoms with E-state index in [9.17, 15) is 9.59 Å². The van der Waals surface area contributed by atoms with Crippen LogP contribution in [0.25, 0.3) is 0 Å². The molecule has 0 bridgehead atoms. The first-order chi connectivity index (χ1) is 8.70. The van der Waals surface area contributed by atoms with Crippen molar-refractivity contribution in [3.05, 3.63) is 0 Å². The van der Waals surface area contributed by atoms with E-state index in [0.29, 0.717) is 13.0 Å². The second kappa shape index (κ2) is 6.29. The quantitative estimate of drug-likeness (QED) is 0.528. The van der Waals surface area contributed by atoms with Gasteiger partial charge in [0.2, 0.25) is 0 Å². The number of methoxy groups -OCH3 is 1. The smallest absolute Gasteiger partial charge is 0.317 e. The second-order valence-corrected chi connectivity index (χ2v) is 5.14. The first kappa shape index (κ1) is 13.5. The molecule has 2 saturated heterocycles. The molecule has 5 nitrogen and oxygen atoms in total. The lowest BCUT2D eigenvalue weighted by Crippen LogP contribution is -2.46. The first-order valence-corrected chi connectivity index (χ1v) is 6.76. The SMILES string of the molecule is COC(=O)C1CN(CCN2CCCC2)CCC1=O. The Kier molecular flexibility index (Phi) is 4.72. The third-order valence-corrected chi connectivity index (χ3v) is 3.92. The van der Waals surface area contributed by atoms with E-state index >= 15 is 0 Å². The molecule has 5 heteroatoms. The van der Waals surface area contributed by atoms with Crippen LogP contribution >= 0.6 is 0 Å². The average molecular weight is 254 g/mol. The van der Waals surface area contributed by atoms with E-state index < -0.39 is 5.92 Å². The van der Waals surface area contributed by atoms with Crippen molar-refractivity contribution in [3.63, 3.8) is 0 Å².